The number of hydrogen-bond acceptors (Lipinski definition) is 3. The van der Waals surface area contributed by atoms with Crippen LogP contribution in [0.5, 0.6) is 0 Å². The summed E-state index contributed by atoms with van der Waals surface area (Å²) in [4.78, 5) is 2.34. The van der Waals surface area contributed by atoms with Crippen molar-refractivity contribution in [2.24, 2.45) is 5.73 Å². The molecule has 0 saturated carbocycles. The van der Waals surface area contributed by atoms with Gasteiger partial charge < -0.3 is 10.5 Å². The molecule has 60 valence electrons. The number of ether oxygens (including phenoxy) is 1. The zero-order valence-corrected chi connectivity index (χ0v) is 6.55. The smallest absolute Gasteiger partial charge is 0.0589 e. The predicted molar refractivity (Wildman–Crippen MR) is 40.9 cm³/mol. The van der Waals surface area contributed by atoms with E-state index in [1.165, 1.54) is 0 Å². The first-order chi connectivity index (χ1) is 4.83. The van der Waals surface area contributed by atoms with Crippen LogP contribution in [0.25, 0.3) is 0 Å². The van der Waals surface area contributed by atoms with Gasteiger partial charge >= 0.3 is 0 Å². The number of methoxy groups -OCH3 is 1. The minimum absolute atomic E-state index is 0.400. The molecule has 0 spiro atoms. The van der Waals surface area contributed by atoms with Gasteiger partial charge in [-0.15, -0.1) is 0 Å². The summed E-state index contributed by atoms with van der Waals surface area (Å²) in [5.41, 5.74) is 5.71. The molecule has 0 amide bonds. The Morgan fingerprint density at radius 3 is 3.00 bits per heavy atom. The lowest BCUT2D eigenvalue weighted by molar-refractivity contribution is 0.160. The van der Waals surface area contributed by atoms with Gasteiger partial charge in [0.05, 0.1) is 6.61 Å². The Bertz CT molecular complexity index is 97.6. The average Bonchev–Trinajstić information content (AvgIpc) is 2.31. The molecule has 1 atom stereocenters. The molecule has 1 fully saturated rings. The maximum absolute atomic E-state index is 5.71. The Morgan fingerprint density at radius 2 is 2.50 bits per heavy atom. The molecule has 1 aliphatic heterocycles. The van der Waals surface area contributed by atoms with Crippen molar-refractivity contribution in [1.29, 1.82) is 0 Å². The first kappa shape index (κ1) is 7.98. The van der Waals surface area contributed by atoms with Crippen LogP contribution in [0.3, 0.4) is 0 Å². The largest absolute Gasteiger partial charge is 0.383 e. The summed E-state index contributed by atoms with van der Waals surface area (Å²) in [5.74, 6) is 0. The molecular weight excluding hydrogens is 128 g/mol. The highest BCUT2D eigenvalue weighted by molar-refractivity contribution is 4.77. The third kappa shape index (κ3) is 2.25. The van der Waals surface area contributed by atoms with E-state index in [9.17, 15) is 0 Å². The molecule has 0 bridgehead atoms. The van der Waals surface area contributed by atoms with Gasteiger partial charge in [0, 0.05) is 26.2 Å². The molecule has 0 aromatic heterocycles. The number of nitrogens with two attached hydrogens (primary N) is 1. The van der Waals surface area contributed by atoms with Gasteiger partial charge in [-0.1, -0.05) is 0 Å². The van der Waals surface area contributed by atoms with Crippen LogP contribution in [0.15, 0.2) is 0 Å². The summed E-state index contributed by atoms with van der Waals surface area (Å²) in [6.45, 7) is 4.05. The number of rotatable bonds is 3. The van der Waals surface area contributed by atoms with Gasteiger partial charge in [0.1, 0.15) is 0 Å². The van der Waals surface area contributed by atoms with Crippen LogP contribution in [0.1, 0.15) is 6.42 Å². The SMILES string of the molecule is COCCN1CC[C@H](N)C1. The van der Waals surface area contributed by atoms with Gasteiger partial charge in [-0.2, -0.15) is 0 Å². The third-order valence-corrected chi connectivity index (χ3v) is 1.92. The summed E-state index contributed by atoms with van der Waals surface area (Å²) in [7, 11) is 1.73. The van der Waals surface area contributed by atoms with Crippen LogP contribution in [0, 0.1) is 0 Å². The second kappa shape index (κ2) is 3.91. The average molecular weight is 144 g/mol. The van der Waals surface area contributed by atoms with E-state index in [2.05, 4.69) is 4.90 Å². The number of hydrogen-bond donors (Lipinski definition) is 1. The molecule has 1 aliphatic rings. The lowest BCUT2D eigenvalue weighted by atomic mass is 10.3. The molecule has 2 N–H and O–H groups in total. The predicted octanol–water partition coefficient (Wildman–Crippen LogP) is -0.334. The zero-order valence-electron chi connectivity index (χ0n) is 6.55. The van der Waals surface area contributed by atoms with Crippen LogP contribution < -0.4 is 5.73 Å². The first-order valence-electron chi connectivity index (χ1n) is 3.80. The molecule has 0 radical (unpaired) electrons. The van der Waals surface area contributed by atoms with Crippen molar-refractivity contribution in [3.8, 4) is 0 Å². The monoisotopic (exact) mass is 144 g/mol. The van der Waals surface area contributed by atoms with E-state index in [4.69, 9.17) is 10.5 Å². The molecule has 0 aromatic rings. The topological polar surface area (TPSA) is 38.5 Å². The van der Waals surface area contributed by atoms with E-state index in [1.807, 2.05) is 0 Å². The van der Waals surface area contributed by atoms with Crippen molar-refractivity contribution in [3.63, 3.8) is 0 Å². The van der Waals surface area contributed by atoms with Crippen molar-refractivity contribution in [2.45, 2.75) is 12.5 Å². The zero-order chi connectivity index (χ0) is 7.40. The fourth-order valence-corrected chi connectivity index (χ4v) is 1.29. The van der Waals surface area contributed by atoms with E-state index >= 15 is 0 Å². The van der Waals surface area contributed by atoms with Crippen molar-refractivity contribution in [2.75, 3.05) is 33.4 Å². The fraction of sp³-hybridized carbons (Fsp3) is 1.00. The minimum atomic E-state index is 0.400. The van der Waals surface area contributed by atoms with E-state index in [0.717, 1.165) is 32.7 Å². The summed E-state index contributed by atoms with van der Waals surface area (Å²) >= 11 is 0. The summed E-state index contributed by atoms with van der Waals surface area (Å²) < 4.78 is 4.96. The van der Waals surface area contributed by atoms with Crippen molar-refractivity contribution < 1.29 is 4.74 Å². The van der Waals surface area contributed by atoms with Gasteiger partial charge in [0.25, 0.3) is 0 Å². The van der Waals surface area contributed by atoms with Crippen molar-refractivity contribution >= 4 is 0 Å². The fourth-order valence-electron chi connectivity index (χ4n) is 1.29. The quantitative estimate of drug-likeness (QED) is 0.589. The Labute approximate surface area is 62.1 Å². The second-order valence-corrected chi connectivity index (χ2v) is 2.84. The van der Waals surface area contributed by atoms with Crippen molar-refractivity contribution in [1.82, 2.24) is 4.90 Å². The van der Waals surface area contributed by atoms with Gasteiger partial charge in [-0.05, 0) is 13.0 Å². The van der Waals surface area contributed by atoms with Crippen LogP contribution in [-0.4, -0.2) is 44.3 Å². The first-order valence-corrected chi connectivity index (χ1v) is 3.80. The Morgan fingerprint density at radius 1 is 1.70 bits per heavy atom. The van der Waals surface area contributed by atoms with Crippen molar-refractivity contribution in [3.05, 3.63) is 0 Å². The normalized spacial score (nSPS) is 27.6. The highest BCUT2D eigenvalue weighted by atomic mass is 16.5. The summed E-state index contributed by atoms with van der Waals surface area (Å²) in [6.07, 6.45) is 1.14. The van der Waals surface area contributed by atoms with Crippen LogP contribution in [0.2, 0.25) is 0 Å². The van der Waals surface area contributed by atoms with Crippen LogP contribution in [0.4, 0.5) is 0 Å². The number of likely N-dealkylation sites (tertiary alicyclic amines) is 1. The van der Waals surface area contributed by atoms with E-state index in [0.29, 0.717) is 6.04 Å². The van der Waals surface area contributed by atoms with Gasteiger partial charge in [0.2, 0.25) is 0 Å². The van der Waals surface area contributed by atoms with Gasteiger partial charge in [-0.25, -0.2) is 0 Å². The summed E-state index contributed by atoms with van der Waals surface area (Å²) in [6, 6.07) is 0.400. The Balaban J connectivity index is 2.06. The molecule has 1 heterocycles. The lowest BCUT2D eigenvalue weighted by Gasteiger charge is -2.13. The highest BCUT2D eigenvalue weighted by Gasteiger charge is 2.17. The van der Waals surface area contributed by atoms with E-state index in [-0.39, 0.29) is 0 Å². The van der Waals surface area contributed by atoms with Crippen LogP contribution >= 0.6 is 0 Å². The van der Waals surface area contributed by atoms with E-state index < -0.39 is 0 Å². The Hall–Kier alpha value is -0.120. The lowest BCUT2D eigenvalue weighted by Crippen LogP contribution is -2.28. The van der Waals surface area contributed by atoms with E-state index in [1.54, 1.807) is 7.11 Å². The number of nitrogens with zero attached hydrogens (tertiary/aromatic N) is 1. The van der Waals surface area contributed by atoms with Crippen LogP contribution in [-0.2, 0) is 4.74 Å². The Kier molecular flexibility index (Phi) is 3.12. The second-order valence-electron chi connectivity index (χ2n) is 2.84. The maximum Gasteiger partial charge on any atom is 0.0589 e. The molecule has 0 aliphatic carbocycles. The molecule has 10 heavy (non-hydrogen) atoms. The molecular formula is C7H16N2O. The maximum atomic E-state index is 5.71. The minimum Gasteiger partial charge on any atom is -0.383 e. The van der Waals surface area contributed by atoms with Gasteiger partial charge in [-0.3, -0.25) is 4.90 Å². The summed E-state index contributed by atoms with van der Waals surface area (Å²) in [5, 5.41) is 0. The molecule has 0 aromatic carbocycles. The molecule has 0 unspecified atom stereocenters. The standard InChI is InChI=1S/C7H16N2O/c1-10-5-4-9-3-2-7(8)6-9/h7H,2-6,8H2,1H3/t7-/m0/s1. The molecule has 1 rings (SSSR count). The van der Waals surface area contributed by atoms with Gasteiger partial charge in [0.15, 0.2) is 0 Å². The molecule has 1 saturated heterocycles. The highest BCUT2D eigenvalue weighted by Crippen LogP contribution is 2.05. The molecule has 3 nitrogen and oxygen atoms in total. The molecule has 3 heteroatoms. The third-order valence-electron chi connectivity index (χ3n) is 1.92.